The highest BCUT2D eigenvalue weighted by Crippen LogP contribution is 2.13. The first kappa shape index (κ1) is 19.7. The summed E-state index contributed by atoms with van der Waals surface area (Å²) in [5, 5.41) is 2.89. The van der Waals surface area contributed by atoms with Crippen LogP contribution < -0.4 is 5.32 Å². The number of hydrogen-bond donors (Lipinski definition) is 1. The highest BCUT2D eigenvalue weighted by molar-refractivity contribution is 5.88. The molecule has 0 aromatic carbocycles. The lowest BCUT2D eigenvalue weighted by atomic mass is 10.0. The predicted octanol–water partition coefficient (Wildman–Crippen LogP) is 5.03. The quantitative estimate of drug-likeness (QED) is 0.360. The number of amides is 1. The average molecular weight is 291 g/mol. The molecular formula is C19H33NO. The molecule has 0 heterocycles. The molecule has 0 spiro atoms. The standard InChI is InChI=1S/C19H33NO/c1-15(2)9-7-10-17(5)11-8-12-18(6)13-19(21)20-14-16(3)4/h8-9,12-13,16-17H,7,10-11,14H2,1-6H3,(H,20,21). The molecule has 1 amide bonds. The molecule has 0 saturated heterocycles. The van der Waals surface area contributed by atoms with Crippen LogP contribution in [0.15, 0.2) is 35.5 Å². The highest BCUT2D eigenvalue weighted by Gasteiger charge is 2.00. The van der Waals surface area contributed by atoms with Gasteiger partial charge in [0.05, 0.1) is 0 Å². The van der Waals surface area contributed by atoms with Crippen molar-refractivity contribution >= 4 is 5.91 Å². The van der Waals surface area contributed by atoms with Crippen molar-refractivity contribution < 1.29 is 4.79 Å². The van der Waals surface area contributed by atoms with Crippen molar-refractivity contribution in [2.45, 2.75) is 60.8 Å². The van der Waals surface area contributed by atoms with Crippen molar-refractivity contribution in [2.75, 3.05) is 6.54 Å². The third kappa shape index (κ3) is 13.4. The maximum atomic E-state index is 11.6. The summed E-state index contributed by atoms with van der Waals surface area (Å²) >= 11 is 0. The Kier molecular flexibility index (Phi) is 10.7. The number of allylic oxidation sites excluding steroid dienone is 5. The topological polar surface area (TPSA) is 29.1 Å². The van der Waals surface area contributed by atoms with Gasteiger partial charge in [-0.15, -0.1) is 0 Å². The van der Waals surface area contributed by atoms with E-state index < -0.39 is 0 Å². The summed E-state index contributed by atoms with van der Waals surface area (Å²) in [6, 6.07) is 0. The Balaban J connectivity index is 4.05. The molecule has 0 aliphatic carbocycles. The van der Waals surface area contributed by atoms with E-state index in [-0.39, 0.29) is 5.91 Å². The van der Waals surface area contributed by atoms with Crippen LogP contribution in [0.5, 0.6) is 0 Å². The van der Waals surface area contributed by atoms with Crippen molar-refractivity contribution in [3.05, 3.63) is 35.5 Å². The van der Waals surface area contributed by atoms with E-state index in [1.807, 2.05) is 13.0 Å². The second kappa shape index (κ2) is 11.4. The van der Waals surface area contributed by atoms with E-state index in [1.54, 1.807) is 6.08 Å². The van der Waals surface area contributed by atoms with Gasteiger partial charge in [-0.1, -0.05) is 44.6 Å². The van der Waals surface area contributed by atoms with Gasteiger partial charge >= 0.3 is 0 Å². The van der Waals surface area contributed by atoms with Crippen LogP contribution in [0, 0.1) is 11.8 Å². The van der Waals surface area contributed by atoms with E-state index >= 15 is 0 Å². The summed E-state index contributed by atoms with van der Waals surface area (Å²) in [5.41, 5.74) is 2.40. The van der Waals surface area contributed by atoms with Gasteiger partial charge in [-0.2, -0.15) is 0 Å². The Hall–Kier alpha value is -1.31. The van der Waals surface area contributed by atoms with E-state index in [2.05, 4.69) is 52.1 Å². The van der Waals surface area contributed by atoms with Crippen LogP contribution in [-0.2, 0) is 4.79 Å². The SMILES string of the molecule is CC(C)=CCCC(C)CC=CC(C)=CC(=O)NCC(C)C. The van der Waals surface area contributed by atoms with Crippen LogP contribution in [0.3, 0.4) is 0 Å². The molecule has 0 saturated carbocycles. The van der Waals surface area contributed by atoms with Crippen LogP contribution in [0.1, 0.15) is 60.8 Å². The molecule has 2 heteroatoms. The molecule has 1 unspecified atom stereocenters. The molecular weight excluding hydrogens is 258 g/mol. The lowest BCUT2D eigenvalue weighted by molar-refractivity contribution is -0.116. The number of carbonyl (C=O) groups excluding carboxylic acids is 1. The van der Waals surface area contributed by atoms with Gasteiger partial charge < -0.3 is 5.32 Å². The second-order valence-corrected chi connectivity index (χ2v) is 6.63. The van der Waals surface area contributed by atoms with E-state index in [9.17, 15) is 4.79 Å². The monoisotopic (exact) mass is 291 g/mol. The van der Waals surface area contributed by atoms with Gasteiger partial charge in [0, 0.05) is 12.6 Å². The summed E-state index contributed by atoms with van der Waals surface area (Å²) in [4.78, 5) is 11.6. The Labute approximate surface area is 131 Å². The average Bonchev–Trinajstić information content (AvgIpc) is 2.35. The first-order valence-corrected chi connectivity index (χ1v) is 8.07. The van der Waals surface area contributed by atoms with Crippen LogP contribution >= 0.6 is 0 Å². The van der Waals surface area contributed by atoms with Crippen molar-refractivity contribution in [3.8, 4) is 0 Å². The largest absolute Gasteiger partial charge is 0.352 e. The lowest BCUT2D eigenvalue weighted by Gasteiger charge is -2.06. The molecule has 0 aromatic rings. The first-order chi connectivity index (χ1) is 9.81. The first-order valence-electron chi connectivity index (χ1n) is 8.07. The maximum Gasteiger partial charge on any atom is 0.244 e. The van der Waals surface area contributed by atoms with Crippen molar-refractivity contribution in [3.63, 3.8) is 0 Å². The van der Waals surface area contributed by atoms with E-state index in [4.69, 9.17) is 0 Å². The zero-order valence-corrected chi connectivity index (χ0v) is 14.7. The Morgan fingerprint density at radius 2 is 1.81 bits per heavy atom. The van der Waals surface area contributed by atoms with E-state index in [0.29, 0.717) is 11.8 Å². The van der Waals surface area contributed by atoms with Gasteiger partial charge in [0.25, 0.3) is 0 Å². The molecule has 0 radical (unpaired) electrons. The van der Waals surface area contributed by atoms with Gasteiger partial charge in [0.15, 0.2) is 0 Å². The minimum absolute atomic E-state index is 0.00227. The number of rotatable bonds is 9. The van der Waals surface area contributed by atoms with Gasteiger partial charge in [0.1, 0.15) is 0 Å². The maximum absolute atomic E-state index is 11.6. The van der Waals surface area contributed by atoms with Crippen LogP contribution in [-0.4, -0.2) is 12.5 Å². The lowest BCUT2D eigenvalue weighted by Crippen LogP contribution is -2.25. The zero-order chi connectivity index (χ0) is 16.3. The smallest absolute Gasteiger partial charge is 0.244 e. The zero-order valence-electron chi connectivity index (χ0n) is 14.7. The van der Waals surface area contributed by atoms with Crippen molar-refractivity contribution in [2.24, 2.45) is 11.8 Å². The number of nitrogens with one attached hydrogen (secondary N) is 1. The fraction of sp³-hybridized carbons (Fsp3) is 0.632. The highest BCUT2D eigenvalue weighted by atomic mass is 16.1. The molecule has 2 nitrogen and oxygen atoms in total. The summed E-state index contributed by atoms with van der Waals surface area (Å²) in [5.74, 6) is 1.17. The van der Waals surface area contributed by atoms with Gasteiger partial charge in [0.2, 0.25) is 5.91 Å². The Morgan fingerprint density at radius 1 is 1.14 bits per heavy atom. The van der Waals surface area contributed by atoms with E-state index in [0.717, 1.165) is 25.0 Å². The predicted molar refractivity (Wildman–Crippen MR) is 93.2 cm³/mol. The third-order valence-electron chi connectivity index (χ3n) is 3.17. The minimum atomic E-state index is 0.00227. The second-order valence-electron chi connectivity index (χ2n) is 6.63. The fourth-order valence-corrected chi connectivity index (χ4v) is 1.87. The molecule has 0 fully saturated rings. The normalized spacial score (nSPS) is 13.6. The number of hydrogen-bond acceptors (Lipinski definition) is 1. The van der Waals surface area contributed by atoms with Gasteiger partial charge in [-0.3, -0.25) is 4.79 Å². The van der Waals surface area contributed by atoms with E-state index in [1.165, 1.54) is 12.0 Å². The molecule has 0 aromatic heterocycles. The Bertz CT molecular complexity index is 384. The molecule has 0 rings (SSSR count). The van der Waals surface area contributed by atoms with Crippen molar-refractivity contribution in [1.29, 1.82) is 0 Å². The minimum Gasteiger partial charge on any atom is -0.352 e. The molecule has 1 atom stereocenters. The molecule has 120 valence electrons. The van der Waals surface area contributed by atoms with Gasteiger partial charge in [-0.05, 0) is 57.4 Å². The molecule has 1 N–H and O–H groups in total. The summed E-state index contributed by atoms with van der Waals surface area (Å²) < 4.78 is 0. The van der Waals surface area contributed by atoms with Crippen LogP contribution in [0.4, 0.5) is 0 Å². The fourth-order valence-electron chi connectivity index (χ4n) is 1.87. The number of carbonyl (C=O) groups is 1. The van der Waals surface area contributed by atoms with Crippen LogP contribution in [0.25, 0.3) is 0 Å². The molecule has 0 bridgehead atoms. The van der Waals surface area contributed by atoms with Crippen molar-refractivity contribution in [1.82, 2.24) is 5.32 Å². The third-order valence-corrected chi connectivity index (χ3v) is 3.17. The summed E-state index contributed by atoms with van der Waals surface area (Å²) in [6.45, 7) is 13.4. The van der Waals surface area contributed by atoms with Gasteiger partial charge in [-0.25, -0.2) is 0 Å². The van der Waals surface area contributed by atoms with Crippen LogP contribution in [0.2, 0.25) is 0 Å². The molecule has 21 heavy (non-hydrogen) atoms. The Morgan fingerprint density at radius 3 is 2.38 bits per heavy atom. The molecule has 0 aliphatic heterocycles. The summed E-state index contributed by atoms with van der Waals surface area (Å²) in [7, 11) is 0. The summed E-state index contributed by atoms with van der Waals surface area (Å²) in [6.07, 6.45) is 11.6. The molecule has 0 aliphatic rings.